The van der Waals surface area contributed by atoms with Crippen molar-refractivity contribution in [3.8, 4) is 5.69 Å². The normalized spacial score (nSPS) is 14.4. The Bertz CT molecular complexity index is 1330. The minimum atomic E-state index is -1.03. The lowest BCUT2D eigenvalue weighted by atomic mass is 9.89. The molecule has 0 radical (unpaired) electrons. The predicted molar refractivity (Wildman–Crippen MR) is 143 cm³/mol. The average molecular weight is 533 g/mol. The summed E-state index contributed by atoms with van der Waals surface area (Å²) in [5, 5.41) is 5.44. The Balaban J connectivity index is 1.41. The second-order valence-electron chi connectivity index (χ2n) is 9.49. The number of aryl methyl sites for hydroxylation is 1. The summed E-state index contributed by atoms with van der Waals surface area (Å²) < 4.78 is 6.59. The number of nitrogens with one attached hydrogen (secondary N) is 2. The number of hydrogen-bond acceptors (Lipinski definition) is 7. The average Bonchev–Trinajstić information content (AvgIpc) is 3.47. The fraction of sp³-hybridized carbons (Fsp3) is 0.357. The van der Waals surface area contributed by atoms with Gasteiger partial charge in [0.05, 0.1) is 31.1 Å². The summed E-state index contributed by atoms with van der Waals surface area (Å²) in [5.41, 5.74) is 3.61. The van der Waals surface area contributed by atoms with Crippen molar-refractivity contribution < 1.29 is 23.9 Å². The van der Waals surface area contributed by atoms with Gasteiger partial charge in [-0.25, -0.2) is 9.78 Å². The molecule has 4 rings (SSSR count). The third-order valence-corrected chi connectivity index (χ3v) is 6.71. The molecule has 2 aromatic heterocycles. The third kappa shape index (κ3) is 6.86. The first-order valence-corrected chi connectivity index (χ1v) is 12.7. The van der Waals surface area contributed by atoms with E-state index >= 15 is 0 Å². The smallest absolute Gasteiger partial charge is 0.328 e. The van der Waals surface area contributed by atoms with Gasteiger partial charge in [-0.05, 0) is 56.2 Å². The highest BCUT2D eigenvalue weighted by Gasteiger charge is 2.31. The van der Waals surface area contributed by atoms with E-state index in [2.05, 4.69) is 15.6 Å². The van der Waals surface area contributed by atoms with Gasteiger partial charge in [0.1, 0.15) is 6.04 Å². The number of pyridine rings is 1. The van der Waals surface area contributed by atoms with Crippen molar-refractivity contribution in [3.05, 3.63) is 72.1 Å². The van der Waals surface area contributed by atoms with Crippen LogP contribution in [0.15, 0.2) is 55.1 Å². The molecule has 3 heterocycles. The Morgan fingerprint density at radius 2 is 1.79 bits per heavy atom. The van der Waals surface area contributed by atoms with E-state index in [1.807, 2.05) is 48.0 Å². The molecule has 3 aromatic rings. The van der Waals surface area contributed by atoms with E-state index in [4.69, 9.17) is 9.72 Å². The molecular formula is C28H32N6O5. The zero-order valence-electron chi connectivity index (χ0n) is 22.2. The number of piperidine rings is 1. The van der Waals surface area contributed by atoms with E-state index < -0.39 is 17.9 Å². The molecule has 1 aliphatic rings. The standard InChI is InChI=1S/C28H32N6O5/c1-18-4-9-23(27(37)32-21-5-7-22(8-6-21)34-15-12-29-17-34)26(30-18)20-10-13-33(14-11-20)25(36)16-24(28(38)39-3)31-19(2)35/h4-9,12,15,17,20,24H,10-11,13-14,16H2,1-3H3,(H,31,35)(H,32,37)/t24-/m0/s1. The van der Waals surface area contributed by atoms with Crippen LogP contribution >= 0.6 is 0 Å². The van der Waals surface area contributed by atoms with E-state index in [-0.39, 0.29) is 24.2 Å². The van der Waals surface area contributed by atoms with E-state index in [0.29, 0.717) is 42.9 Å². The molecule has 2 N–H and O–H groups in total. The number of carbonyl (C=O) groups excluding carboxylic acids is 4. The molecule has 11 heteroatoms. The van der Waals surface area contributed by atoms with Crippen LogP contribution in [0.1, 0.15) is 53.8 Å². The molecule has 39 heavy (non-hydrogen) atoms. The Kier molecular flexibility index (Phi) is 8.70. The van der Waals surface area contributed by atoms with E-state index in [0.717, 1.165) is 11.4 Å². The number of aromatic nitrogens is 3. The molecule has 0 saturated carbocycles. The number of imidazole rings is 1. The van der Waals surface area contributed by atoms with Gasteiger partial charge >= 0.3 is 5.97 Å². The summed E-state index contributed by atoms with van der Waals surface area (Å²) in [4.78, 5) is 60.0. The number of anilines is 1. The predicted octanol–water partition coefficient (Wildman–Crippen LogP) is 2.60. The summed E-state index contributed by atoms with van der Waals surface area (Å²) in [6.07, 6.45) is 6.31. The molecule has 1 aliphatic heterocycles. The Morgan fingerprint density at radius 3 is 2.41 bits per heavy atom. The molecule has 204 valence electrons. The lowest BCUT2D eigenvalue weighted by Gasteiger charge is -2.33. The van der Waals surface area contributed by atoms with Crippen molar-refractivity contribution in [2.24, 2.45) is 0 Å². The fourth-order valence-corrected chi connectivity index (χ4v) is 4.69. The van der Waals surface area contributed by atoms with Crippen molar-refractivity contribution in [1.82, 2.24) is 24.8 Å². The highest BCUT2D eigenvalue weighted by molar-refractivity contribution is 6.05. The topological polar surface area (TPSA) is 136 Å². The number of amides is 3. The molecule has 0 unspecified atom stereocenters. The van der Waals surface area contributed by atoms with Crippen LogP contribution in [-0.2, 0) is 19.1 Å². The first-order chi connectivity index (χ1) is 18.7. The first kappa shape index (κ1) is 27.5. The fourth-order valence-electron chi connectivity index (χ4n) is 4.69. The van der Waals surface area contributed by atoms with Crippen LogP contribution in [0.3, 0.4) is 0 Å². The summed E-state index contributed by atoms with van der Waals surface area (Å²) in [5.74, 6) is -1.58. The number of rotatable bonds is 8. The summed E-state index contributed by atoms with van der Waals surface area (Å²) in [7, 11) is 1.21. The summed E-state index contributed by atoms with van der Waals surface area (Å²) in [6, 6.07) is 10.0. The van der Waals surface area contributed by atoms with Gasteiger partial charge in [-0.15, -0.1) is 0 Å². The van der Waals surface area contributed by atoms with Crippen LogP contribution in [0.2, 0.25) is 0 Å². The first-order valence-electron chi connectivity index (χ1n) is 12.7. The van der Waals surface area contributed by atoms with Gasteiger partial charge in [0, 0.05) is 55.4 Å². The van der Waals surface area contributed by atoms with Crippen LogP contribution in [0, 0.1) is 6.92 Å². The van der Waals surface area contributed by atoms with Crippen LogP contribution in [-0.4, -0.2) is 69.4 Å². The zero-order valence-corrected chi connectivity index (χ0v) is 22.2. The van der Waals surface area contributed by atoms with Gasteiger partial charge in [0.2, 0.25) is 11.8 Å². The maximum absolute atomic E-state index is 13.3. The Hall–Kier alpha value is -4.54. The third-order valence-electron chi connectivity index (χ3n) is 6.71. The number of ether oxygens (including phenoxy) is 1. The number of methoxy groups -OCH3 is 1. The molecule has 1 saturated heterocycles. The van der Waals surface area contributed by atoms with Crippen LogP contribution in [0.5, 0.6) is 0 Å². The highest BCUT2D eigenvalue weighted by Crippen LogP contribution is 2.30. The lowest BCUT2D eigenvalue weighted by molar-refractivity contribution is -0.148. The Morgan fingerprint density at radius 1 is 1.08 bits per heavy atom. The van der Waals surface area contributed by atoms with Crippen molar-refractivity contribution in [3.63, 3.8) is 0 Å². The Labute approximate surface area is 226 Å². The monoisotopic (exact) mass is 532 g/mol. The second-order valence-corrected chi connectivity index (χ2v) is 9.49. The molecule has 0 bridgehead atoms. The van der Waals surface area contributed by atoms with Crippen LogP contribution in [0.25, 0.3) is 5.69 Å². The number of nitrogens with zero attached hydrogens (tertiary/aromatic N) is 4. The highest BCUT2D eigenvalue weighted by atomic mass is 16.5. The maximum atomic E-state index is 13.3. The molecule has 1 aromatic carbocycles. The van der Waals surface area contributed by atoms with Crippen molar-refractivity contribution in [2.45, 2.75) is 45.1 Å². The quantitative estimate of drug-likeness (QED) is 0.426. The molecule has 1 fully saturated rings. The largest absolute Gasteiger partial charge is 0.467 e. The maximum Gasteiger partial charge on any atom is 0.328 e. The summed E-state index contributed by atoms with van der Waals surface area (Å²) >= 11 is 0. The molecule has 0 aliphatic carbocycles. The van der Waals surface area contributed by atoms with E-state index in [1.54, 1.807) is 23.5 Å². The molecule has 11 nitrogen and oxygen atoms in total. The molecular weight excluding hydrogens is 500 g/mol. The van der Waals surface area contributed by atoms with Gasteiger partial charge in [0.25, 0.3) is 5.91 Å². The number of hydrogen-bond donors (Lipinski definition) is 2. The van der Waals surface area contributed by atoms with E-state index in [1.165, 1.54) is 14.0 Å². The number of carbonyl (C=O) groups is 4. The van der Waals surface area contributed by atoms with Gasteiger partial charge in [-0.3, -0.25) is 19.4 Å². The van der Waals surface area contributed by atoms with Crippen LogP contribution in [0.4, 0.5) is 5.69 Å². The molecule has 1 atom stereocenters. The van der Waals surface area contributed by atoms with Crippen LogP contribution < -0.4 is 10.6 Å². The number of benzene rings is 1. The van der Waals surface area contributed by atoms with Gasteiger partial charge in [-0.2, -0.15) is 0 Å². The zero-order chi connectivity index (χ0) is 27.9. The SMILES string of the molecule is COC(=O)[C@H](CC(=O)N1CCC(c2nc(C)ccc2C(=O)Nc2ccc(-n3ccnc3)cc2)CC1)NC(C)=O. The van der Waals surface area contributed by atoms with Gasteiger partial charge in [0.15, 0.2) is 0 Å². The minimum absolute atomic E-state index is 0.00920. The summed E-state index contributed by atoms with van der Waals surface area (Å²) in [6.45, 7) is 4.06. The van der Waals surface area contributed by atoms with Crippen molar-refractivity contribution in [2.75, 3.05) is 25.5 Å². The minimum Gasteiger partial charge on any atom is -0.467 e. The van der Waals surface area contributed by atoms with Crippen molar-refractivity contribution in [1.29, 1.82) is 0 Å². The lowest BCUT2D eigenvalue weighted by Crippen LogP contribution is -2.46. The number of esters is 1. The number of likely N-dealkylation sites (tertiary alicyclic amines) is 1. The molecule has 0 spiro atoms. The second kappa shape index (κ2) is 12.3. The van der Waals surface area contributed by atoms with Gasteiger partial charge in [-0.1, -0.05) is 0 Å². The molecule has 3 amide bonds. The van der Waals surface area contributed by atoms with E-state index in [9.17, 15) is 19.2 Å². The van der Waals surface area contributed by atoms with Crippen molar-refractivity contribution >= 4 is 29.4 Å². The van der Waals surface area contributed by atoms with Gasteiger partial charge < -0.3 is 24.8 Å².